The van der Waals surface area contributed by atoms with Gasteiger partial charge in [0.1, 0.15) is 17.3 Å². The molecule has 0 saturated carbocycles. The van der Waals surface area contributed by atoms with Crippen LogP contribution < -0.4 is 15.2 Å². The Balaban J connectivity index is 0.000000291. The third-order valence-electron chi connectivity index (χ3n) is 3.78. The molecule has 0 bridgehead atoms. The van der Waals surface area contributed by atoms with Gasteiger partial charge >= 0.3 is 11.4 Å². The Kier molecular flexibility index (Phi) is 14.7. The molecular weight excluding hydrogens is 614 g/mol. The molecule has 4 aromatic rings. The lowest BCUT2D eigenvalue weighted by atomic mass is 10.3. The lowest BCUT2D eigenvalue weighted by Crippen LogP contribution is -2.11. The number of hydrogen-bond donors (Lipinski definition) is 1. The molecule has 0 radical (unpaired) electrons. The van der Waals surface area contributed by atoms with E-state index in [2.05, 4.69) is 46.6 Å². The topological polar surface area (TPSA) is 104 Å². The van der Waals surface area contributed by atoms with E-state index in [-0.39, 0.29) is 19.8 Å². The van der Waals surface area contributed by atoms with E-state index in [4.69, 9.17) is 22.1 Å². The number of halogens is 3. The molecule has 0 aliphatic heterocycles. The summed E-state index contributed by atoms with van der Waals surface area (Å²) in [7, 11) is 0. The second-order valence-corrected chi connectivity index (χ2v) is 8.63. The molecule has 2 N–H and O–H groups in total. The molecule has 2 heterocycles. The van der Waals surface area contributed by atoms with Crippen LogP contribution in [0.15, 0.2) is 106 Å². The Hall–Kier alpha value is -3.27. The summed E-state index contributed by atoms with van der Waals surface area (Å²) in [6.07, 6.45) is 3.49. The number of nitrogens with zero attached hydrogens (tertiary/aromatic N) is 2. The van der Waals surface area contributed by atoms with Gasteiger partial charge in [-0.3, -0.25) is 9.78 Å². The molecule has 0 saturated heterocycles. The number of ether oxygens (including phenoxy) is 2. The van der Waals surface area contributed by atoms with Crippen molar-refractivity contribution in [2.24, 2.45) is 0 Å². The van der Waals surface area contributed by atoms with Crippen molar-refractivity contribution in [2.45, 2.75) is 13.8 Å². The highest BCUT2D eigenvalue weighted by Gasteiger charge is 2.07. The molecule has 0 aliphatic rings. The van der Waals surface area contributed by atoms with Crippen LogP contribution in [0.4, 0.5) is 10.6 Å². The molecule has 0 amide bonds. The number of pyridine rings is 2. The maximum Gasteiger partial charge on any atom is 0.409 e. The quantitative estimate of drug-likeness (QED) is 0.141. The summed E-state index contributed by atoms with van der Waals surface area (Å²) < 4.78 is 11.5. The molecule has 2 aromatic heterocycles. The first-order valence-corrected chi connectivity index (χ1v) is 11.9. The average Bonchev–Trinajstić information content (AvgIpc) is 2.84. The van der Waals surface area contributed by atoms with Crippen molar-refractivity contribution in [3.05, 3.63) is 112 Å². The van der Waals surface area contributed by atoms with Crippen LogP contribution in [0.5, 0.6) is 11.5 Å². The molecule has 4 rings (SSSR count). The molecule has 0 aliphatic carbocycles. The fourth-order valence-electron chi connectivity index (χ4n) is 2.28. The fourth-order valence-corrected chi connectivity index (χ4v) is 2.84. The lowest BCUT2D eigenvalue weighted by molar-refractivity contribution is -0.133. The largest absolute Gasteiger partial charge is 0.426 e. The SMILES string of the molecule is C.Nc1ccc(Br)cn1.O=C(Cc1ccc(Br)cn1)Oc1ccccc1.O=C(Cl)Oc1ccccc1. The highest BCUT2D eigenvalue weighted by atomic mass is 79.9. The van der Waals surface area contributed by atoms with Gasteiger partial charge in [-0.1, -0.05) is 43.8 Å². The minimum absolute atomic E-state index is 0. The number of benzene rings is 2. The number of esters is 1. The number of aromatic nitrogens is 2. The summed E-state index contributed by atoms with van der Waals surface area (Å²) in [5.74, 6) is 1.25. The van der Waals surface area contributed by atoms with E-state index < -0.39 is 5.43 Å². The van der Waals surface area contributed by atoms with Crippen LogP contribution in [0.25, 0.3) is 0 Å². The number of carbonyl (C=O) groups is 2. The Morgan fingerprint density at radius 3 is 1.67 bits per heavy atom. The minimum atomic E-state index is -0.814. The molecule has 10 heteroatoms. The van der Waals surface area contributed by atoms with Crippen LogP contribution in [-0.4, -0.2) is 21.4 Å². The number of para-hydroxylation sites is 2. The zero-order chi connectivity index (χ0) is 25.5. The zero-order valence-electron chi connectivity index (χ0n) is 18.2. The van der Waals surface area contributed by atoms with E-state index in [1.165, 1.54) is 0 Å². The van der Waals surface area contributed by atoms with E-state index in [1.807, 2.05) is 36.4 Å². The van der Waals surface area contributed by atoms with E-state index >= 15 is 0 Å². The summed E-state index contributed by atoms with van der Waals surface area (Å²) in [4.78, 5) is 29.7. The summed E-state index contributed by atoms with van der Waals surface area (Å²) >= 11 is 11.5. The predicted octanol–water partition coefficient (Wildman–Crippen LogP) is 7.48. The van der Waals surface area contributed by atoms with Crippen molar-refractivity contribution in [2.75, 3.05) is 5.73 Å². The van der Waals surface area contributed by atoms with Crippen LogP contribution in [0.3, 0.4) is 0 Å². The van der Waals surface area contributed by atoms with Gasteiger partial charge in [-0.2, -0.15) is 0 Å². The standard InChI is InChI=1S/C13H10BrNO2.C7H5ClO2.C5H5BrN2.CH4/c14-10-6-7-11(15-9-10)8-13(16)17-12-4-2-1-3-5-12;8-7(9)10-6-4-2-1-3-5-6;6-4-1-2-5(7)8-3-4;/h1-7,9H,8H2;1-5H;1-3H,(H2,7,8);1H4. The number of nitrogen functional groups attached to an aromatic ring is 1. The van der Waals surface area contributed by atoms with Crippen LogP contribution in [0, 0.1) is 0 Å². The van der Waals surface area contributed by atoms with Crippen LogP contribution in [0.2, 0.25) is 0 Å². The van der Waals surface area contributed by atoms with Gasteiger partial charge < -0.3 is 15.2 Å². The van der Waals surface area contributed by atoms with Crippen molar-refractivity contribution in [3.8, 4) is 11.5 Å². The normalized spacial score (nSPS) is 9.19. The Morgan fingerprint density at radius 2 is 1.25 bits per heavy atom. The maximum absolute atomic E-state index is 11.6. The zero-order valence-corrected chi connectivity index (χ0v) is 22.1. The Morgan fingerprint density at radius 1 is 0.750 bits per heavy atom. The van der Waals surface area contributed by atoms with Gasteiger partial charge in [0.25, 0.3) is 0 Å². The van der Waals surface area contributed by atoms with E-state index in [1.54, 1.807) is 60.9 Å². The smallest absolute Gasteiger partial charge is 0.409 e. The fraction of sp³-hybridized carbons (Fsp3) is 0.0769. The van der Waals surface area contributed by atoms with Gasteiger partial charge in [0, 0.05) is 32.9 Å². The first-order valence-electron chi connectivity index (χ1n) is 9.97. The summed E-state index contributed by atoms with van der Waals surface area (Å²) in [6.45, 7) is 0. The van der Waals surface area contributed by atoms with Crippen LogP contribution in [0.1, 0.15) is 13.1 Å². The molecule has 36 heavy (non-hydrogen) atoms. The highest BCUT2D eigenvalue weighted by molar-refractivity contribution is 9.10. The van der Waals surface area contributed by atoms with Crippen LogP contribution >= 0.6 is 43.5 Å². The number of anilines is 1. The Bertz CT molecular complexity index is 1160. The number of nitrogens with two attached hydrogens (primary N) is 1. The third kappa shape index (κ3) is 13.6. The lowest BCUT2D eigenvalue weighted by Gasteiger charge is -2.03. The van der Waals surface area contributed by atoms with Gasteiger partial charge in [-0.25, -0.2) is 9.78 Å². The molecule has 188 valence electrons. The summed E-state index contributed by atoms with van der Waals surface area (Å²) in [5.41, 5.74) is 5.17. The van der Waals surface area contributed by atoms with Crippen molar-refractivity contribution in [1.29, 1.82) is 0 Å². The number of rotatable bonds is 4. The monoisotopic (exact) mass is 635 g/mol. The van der Waals surface area contributed by atoms with Crippen molar-refractivity contribution >= 4 is 60.7 Å². The van der Waals surface area contributed by atoms with Gasteiger partial charge in [0.2, 0.25) is 0 Å². The highest BCUT2D eigenvalue weighted by Crippen LogP contribution is 2.12. The van der Waals surface area contributed by atoms with E-state index in [9.17, 15) is 9.59 Å². The Labute approximate surface area is 231 Å². The van der Waals surface area contributed by atoms with E-state index in [0.717, 1.165) is 8.95 Å². The molecule has 0 atom stereocenters. The third-order valence-corrected chi connectivity index (χ3v) is 4.80. The molecule has 0 fully saturated rings. The molecular formula is C26H24Br2ClN3O4. The minimum Gasteiger partial charge on any atom is -0.426 e. The van der Waals surface area contributed by atoms with Gasteiger partial charge in [0.05, 0.1) is 12.1 Å². The predicted molar refractivity (Wildman–Crippen MR) is 149 cm³/mol. The van der Waals surface area contributed by atoms with Gasteiger partial charge in [0.15, 0.2) is 0 Å². The number of carbonyl (C=O) groups excluding carboxylic acids is 2. The number of hydrogen-bond acceptors (Lipinski definition) is 7. The van der Waals surface area contributed by atoms with Crippen molar-refractivity contribution in [1.82, 2.24) is 9.97 Å². The van der Waals surface area contributed by atoms with Crippen LogP contribution in [-0.2, 0) is 11.2 Å². The second kappa shape index (κ2) is 17.2. The van der Waals surface area contributed by atoms with Crippen molar-refractivity contribution in [3.63, 3.8) is 0 Å². The molecule has 7 nitrogen and oxygen atoms in total. The van der Waals surface area contributed by atoms with Gasteiger partial charge in [-0.15, -0.1) is 0 Å². The van der Waals surface area contributed by atoms with E-state index in [0.29, 0.717) is 23.0 Å². The average molecular weight is 638 g/mol. The molecule has 0 spiro atoms. The molecule has 0 unspecified atom stereocenters. The summed E-state index contributed by atoms with van der Waals surface area (Å²) in [5, 5.41) is 0. The first kappa shape index (κ1) is 30.8. The van der Waals surface area contributed by atoms with Crippen molar-refractivity contribution < 1.29 is 19.1 Å². The first-order chi connectivity index (χ1) is 16.8. The van der Waals surface area contributed by atoms with Gasteiger partial charge in [-0.05, 0) is 80.4 Å². The summed E-state index contributed by atoms with van der Waals surface area (Å²) in [6, 6.07) is 24.9. The second-order valence-electron chi connectivity index (χ2n) is 6.49. The molecule has 2 aromatic carbocycles. The maximum atomic E-state index is 11.6.